The summed E-state index contributed by atoms with van der Waals surface area (Å²) in [6.45, 7) is 6.25. The highest BCUT2D eigenvalue weighted by atomic mass is 127. The predicted octanol–water partition coefficient (Wildman–Crippen LogP) is 2.93. The fraction of sp³-hybridized carbons (Fsp3) is 0.611. The first-order valence-corrected chi connectivity index (χ1v) is 8.39. The molecular formula is C18H30IN3O2. The van der Waals surface area contributed by atoms with Crippen LogP contribution < -0.4 is 5.32 Å². The van der Waals surface area contributed by atoms with E-state index in [2.05, 4.69) is 36.3 Å². The van der Waals surface area contributed by atoms with Crippen LogP contribution in [-0.2, 0) is 9.47 Å². The molecule has 2 atom stereocenters. The van der Waals surface area contributed by atoms with Crippen LogP contribution >= 0.6 is 24.0 Å². The standard InChI is InChI=1S/C18H29N3O2.HI/c1-4-19-18(21(2)13-15-10-11-23-14-15)20-12-17(22-3)16-8-6-5-7-9-16;/h5-9,15,17H,4,10-14H2,1-3H3,(H,19,20);1H. The van der Waals surface area contributed by atoms with E-state index in [0.29, 0.717) is 12.5 Å². The zero-order valence-corrected chi connectivity index (χ0v) is 17.2. The minimum Gasteiger partial charge on any atom is -0.381 e. The third kappa shape index (κ3) is 6.57. The Morgan fingerprint density at radius 2 is 2.17 bits per heavy atom. The van der Waals surface area contributed by atoms with Crippen molar-refractivity contribution in [2.24, 2.45) is 10.9 Å². The Balaban J connectivity index is 0.00000288. The van der Waals surface area contributed by atoms with Crippen LogP contribution in [0.5, 0.6) is 0 Å². The molecule has 1 aromatic carbocycles. The third-order valence-electron chi connectivity index (χ3n) is 4.12. The fourth-order valence-corrected chi connectivity index (χ4v) is 2.82. The van der Waals surface area contributed by atoms with Gasteiger partial charge in [0.2, 0.25) is 0 Å². The molecule has 0 radical (unpaired) electrons. The van der Waals surface area contributed by atoms with E-state index in [1.165, 1.54) is 0 Å². The summed E-state index contributed by atoms with van der Waals surface area (Å²) >= 11 is 0. The summed E-state index contributed by atoms with van der Waals surface area (Å²) in [4.78, 5) is 6.96. The van der Waals surface area contributed by atoms with Gasteiger partial charge in [0.05, 0.1) is 13.2 Å². The predicted molar refractivity (Wildman–Crippen MR) is 109 cm³/mol. The molecule has 1 N–H and O–H groups in total. The lowest BCUT2D eigenvalue weighted by Gasteiger charge is -2.25. The Hall–Kier alpha value is -0.860. The van der Waals surface area contributed by atoms with Crippen molar-refractivity contribution in [3.05, 3.63) is 35.9 Å². The van der Waals surface area contributed by atoms with Crippen molar-refractivity contribution < 1.29 is 9.47 Å². The van der Waals surface area contributed by atoms with Crippen LogP contribution in [0.2, 0.25) is 0 Å². The van der Waals surface area contributed by atoms with Crippen molar-refractivity contribution in [3.63, 3.8) is 0 Å². The molecule has 136 valence electrons. The summed E-state index contributed by atoms with van der Waals surface area (Å²) < 4.78 is 11.1. The highest BCUT2D eigenvalue weighted by Crippen LogP contribution is 2.17. The van der Waals surface area contributed by atoms with Crippen molar-refractivity contribution in [2.75, 3.05) is 47.0 Å². The summed E-state index contributed by atoms with van der Waals surface area (Å²) in [5.41, 5.74) is 1.15. The largest absolute Gasteiger partial charge is 0.381 e. The Morgan fingerprint density at radius 1 is 1.42 bits per heavy atom. The average molecular weight is 447 g/mol. The van der Waals surface area contributed by atoms with E-state index in [4.69, 9.17) is 14.5 Å². The van der Waals surface area contributed by atoms with E-state index in [1.807, 2.05) is 18.2 Å². The van der Waals surface area contributed by atoms with Gasteiger partial charge < -0.3 is 19.7 Å². The van der Waals surface area contributed by atoms with Gasteiger partial charge in [-0.25, -0.2) is 0 Å². The van der Waals surface area contributed by atoms with Crippen molar-refractivity contribution in [3.8, 4) is 0 Å². The summed E-state index contributed by atoms with van der Waals surface area (Å²) in [5, 5.41) is 3.37. The van der Waals surface area contributed by atoms with E-state index in [9.17, 15) is 0 Å². The summed E-state index contributed by atoms with van der Waals surface area (Å²) in [6.07, 6.45) is 1.11. The highest BCUT2D eigenvalue weighted by molar-refractivity contribution is 14.0. The van der Waals surface area contributed by atoms with Gasteiger partial charge in [-0.2, -0.15) is 0 Å². The molecule has 1 aromatic rings. The molecule has 1 fully saturated rings. The van der Waals surface area contributed by atoms with E-state index < -0.39 is 0 Å². The SMILES string of the molecule is CCNC(=NCC(OC)c1ccccc1)N(C)CC1CCOC1.I. The van der Waals surface area contributed by atoms with E-state index >= 15 is 0 Å². The molecule has 1 heterocycles. The Morgan fingerprint density at radius 3 is 2.75 bits per heavy atom. The molecule has 0 saturated carbocycles. The molecule has 2 rings (SSSR count). The summed E-state index contributed by atoms with van der Waals surface area (Å²) in [7, 11) is 3.82. The monoisotopic (exact) mass is 447 g/mol. The van der Waals surface area contributed by atoms with Crippen LogP contribution in [0.25, 0.3) is 0 Å². The van der Waals surface area contributed by atoms with Crippen LogP contribution in [-0.4, -0.2) is 57.9 Å². The van der Waals surface area contributed by atoms with Gasteiger partial charge in [-0.1, -0.05) is 30.3 Å². The maximum atomic E-state index is 5.60. The van der Waals surface area contributed by atoms with Gasteiger partial charge in [0.15, 0.2) is 5.96 Å². The maximum Gasteiger partial charge on any atom is 0.193 e. The van der Waals surface area contributed by atoms with E-state index in [1.54, 1.807) is 7.11 Å². The first-order chi connectivity index (χ1) is 11.2. The van der Waals surface area contributed by atoms with Crippen LogP contribution in [0.1, 0.15) is 25.0 Å². The molecule has 0 spiro atoms. The number of methoxy groups -OCH3 is 1. The second-order valence-corrected chi connectivity index (χ2v) is 5.94. The average Bonchev–Trinajstić information content (AvgIpc) is 3.08. The lowest BCUT2D eigenvalue weighted by molar-refractivity contribution is 0.110. The molecule has 1 aliphatic rings. The highest BCUT2D eigenvalue weighted by Gasteiger charge is 2.19. The topological polar surface area (TPSA) is 46.1 Å². The minimum atomic E-state index is -0.0203. The summed E-state index contributed by atoms with van der Waals surface area (Å²) in [6, 6.07) is 10.2. The van der Waals surface area contributed by atoms with Gasteiger partial charge in [-0.05, 0) is 18.9 Å². The zero-order chi connectivity index (χ0) is 16.5. The quantitative estimate of drug-likeness (QED) is 0.397. The molecule has 1 aliphatic heterocycles. The second kappa shape index (κ2) is 11.7. The number of rotatable bonds is 7. The fourth-order valence-electron chi connectivity index (χ4n) is 2.82. The van der Waals surface area contributed by atoms with Gasteiger partial charge in [0.25, 0.3) is 0 Å². The zero-order valence-electron chi connectivity index (χ0n) is 14.9. The number of hydrogen-bond donors (Lipinski definition) is 1. The minimum absolute atomic E-state index is 0. The van der Waals surface area contributed by atoms with Crippen LogP contribution in [0.4, 0.5) is 0 Å². The summed E-state index contributed by atoms with van der Waals surface area (Å²) in [5.74, 6) is 1.52. The number of nitrogens with one attached hydrogen (secondary N) is 1. The second-order valence-electron chi connectivity index (χ2n) is 5.94. The lowest BCUT2D eigenvalue weighted by Crippen LogP contribution is -2.41. The Bertz CT molecular complexity index is 478. The molecule has 24 heavy (non-hydrogen) atoms. The number of halogens is 1. The van der Waals surface area contributed by atoms with E-state index in [0.717, 1.165) is 44.2 Å². The van der Waals surface area contributed by atoms with Crippen LogP contribution in [0.3, 0.4) is 0 Å². The lowest BCUT2D eigenvalue weighted by atomic mass is 10.1. The number of ether oxygens (including phenoxy) is 2. The molecule has 6 heteroatoms. The maximum absolute atomic E-state index is 5.60. The molecule has 2 unspecified atom stereocenters. The van der Waals surface area contributed by atoms with Crippen molar-refractivity contribution >= 4 is 29.9 Å². The van der Waals surface area contributed by atoms with Crippen molar-refractivity contribution in [1.29, 1.82) is 0 Å². The third-order valence-corrected chi connectivity index (χ3v) is 4.12. The van der Waals surface area contributed by atoms with Gasteiger partial charge in [0, 0.05) is 39.8 Å². The normalized spacial score (nSPS) is 18.8. The van der Waals surface area contributed by atoms with Gasteiger partial charge >= 0.3 is 0 Å². The van der Waals surface area contributed by atoms with Gasteiger partial charge in [-0.3, -0.25) is 4.99 Å². The number of benzene rings is 1. The van der Waals surface area contributed by atoms with Crippen molar-refractivity contribution in [2.45, 2.75) is 19.4 Å². The molecule has 0 bridgehead atoms. The molecule has 0 aromatic heterocycles. The van der Waals surface area contributed by atoms with E-state index in [-0.39, 0.29) is 30.1 Å². The molecule has 5 nitrogen and oxygen atoms in total. The molecule has 0 amide bonds. The molecule has 1 saturated heterocycles. The van der Waals surface area contributed by atoms with Gasteiger partial charge in [0.1, 0.15) is 6.10 Å². The molecular weight excluding hydrogens is 417 g/mol. The first kappa shape index (κ1) is 21.2. The number of guanidine groups is 1. The Labute approximate surface area is 162 Å². The number of hydrogen-bond acceptors (Lipinski definition) is 3. The Kier molecular flexibility index (Phi) is 10.3. The van der Waals surface area contributed by atoms with Gasteiger partial charge in [-0.15, -0.1) is 24.0 Å². The van der Waals surface area contributed by atoms with Crippen molar-refractivity contribution in [1.82, 2.24) is 10.2 Å². The number of aliphatic imine (C=N–C) groups is 1. The smallest absolute Gasteiger partial charge is 0.193 e. The molecule has 0 aliphatic carbocycles. The van der Waals surface area contributed by atoms with Crippen LogP contribution in [0.15, 0.2) is 35.3 Å². The van der Waals surface area contributed by atoms with Crippen LogP contribution in [0, 0.1) is 5.92 Å². The first-order valence-electron chi connectivity index (χ1n) is 8.39. The number of nitrogens with zero attached hydrogens (tertiary/aromatic N) is 2.